The average Bonchev–Trinajstić information content (AvgIpc) is 2.94. The molecule has 0 unspecified atom stereocenters. The van der Waals surface area contributed by atoms with Crippen LogP contribution in [0.5, 0.6) is 0 Å². The highest BCUT2D eigenvalue weighted by atomic mass is 79.9. The molecule has 1 heterocycles. The molecule has 3 aromatic rings. The van der Waals surface area contributed by atoms with Gasteiger partial charge in [-0.25, -0.2) is 13.4 Å². The van der Waals surface area contributed by atoms with Gasteiger partial charge in [-0.3, -0.25) is 10.2 Å². The van der Waals surface area contributed by atoms with Gasteiger partial charge in [-0.1, -0.05) is 15.9 Å². The molecule has 9 heteroatoms. The number of fused-ring (bicyclic) bond motifs is 1. The van der Waals surface area contributed by atoms with Gasteiger partial charge in [0.25, 0.3) is 15.9 Å². The Kier molecular flexibility index (Phi) is 5.12. The standard InChI is InChI=1S/C17H17BrN4O3S/c1-3-22-11(2)19-15-10-12(4-9-16(15)22)17(23)20-21-26(24,25)14-7-5-13(18)6-8-14/h4-10,21H,3H2,1-2H3,(H,20,23). The summed E-state index contributed by atoms with van der Waals surface area (Å²) < 4.78 is 27.2. The van der Waals surface area contributed by atoms with Crippen LogP contribution in [0.4, 0.5) is 0 Å². The molecule has 7 nitrogen and oxygen atoms in total. The smallest absolute Gasteiger partial charge is 0.266 e. The quantitative estimate of drug-likeness (QED) is 0.601. The summed E-state index contributed by atoms with van der Waals surface area (Å²) in [7, 11) is -3.85. The van der Waals surface area contributed by atoms with Gasteiger partial charge in [0.2, 0.25) is 0 Å². The Bertz CT molecular complexity index is 1080. The van der Waals surface area contributed by atoms with E-state index in [4.69, 9.17) is 0 Å². The number of amides is 1. The molecular formula is C17H17BrN4O3S. The third-order valence-electron chi connectivity index (χ3n) is 3.94. The summed E-state index contributed by atoms with van der Waals surface area (Å²) in [4.78, 5) is 18.9. The number of benzene rings is 2. The van der Waals surface area contributed by atoms with Crippen molar-refractivity contribution in [2.45, 2.75) is 25.3 Å². The molecule has 1 aromatic heterocycles. The number of rotatable bonds is 5. The Hall–Kier alpha value is -2.23. The minimum absolute atomic E-state index is 0.0498. The van der Waals surface area contributed by atoms with E-state index in [2.05, 4.69) is 31.2 Å². The maximum Gasteiger partial charge on any atom is 0.266 e. The summed E-state index contributed by atoms with van der Waals surface area (Å²) in [6.45, 7) is 4.70. The van der Waals surface area contributed by atoms with Crippen LogP contribution in [-0.4, -0.2) is 23.9 Å². The van der Waals surface area contributed by atoms with Crippen molar-refractivity contribution in [2.24, 2.45) is 0 Å². The minimum atomic E-state index is -3.85. The Morgan fingerprint density at radius 2 is 1.88 bits per heavy atom. The van der Waals surface area contributed by atoms with Gasteiger partial charge in [-0.15, -0.1) is 4.83 Å². The Morgan fingerprint density at radius 3 is 2.54 bits per heavy atom. The average molecular weight is 437 g/mol. The van der Waals surface area contributed by atoms with Crippen LogP contribution in [-0.2, 0) is 16.6 Å². The first-order valence-electron chi connectivity index (χ1n) is 7.86. The Balaban J connectivity index is 1.77. The summed E-state index contributed by atoms with van der Waals surface area (Å²) in [5.74, 6) is 0.298. The molecule has 136 valence electrons. The second-order valence-electron chi connectivity index (χ2n) is 5.62. The molecule has 0 aliphatic carbocycles. The van der Waals surface area contributed by atoms with Crippen LogP contribution in [0.3, 0.4) is 0 Å². The van der Waals surface area contributed by atoms with Crippen LogP contribution < -0.4 is 10.3 Å². The highest BCUT2D eigenvalue weighted by Gasteiger charge is 2.16. The van der Waals surface area contributed by atoms with Crippen molar-refractivity contribution >= 4 is 42.9 Å². The second-order valence-corrected chi connectivity index (χ2v) is 8.22. The number of aromatic nitrogens is 2. The number of hydrogen-bond acceptors (Lipinski definition) is 4. The van der Waals surface area contributed by atoms with Crippen molar-refractivity contribution in [3.8, 4) is 0 Å². The first-order valence-corrected chi connectivity index (χ1v) is 10.1. The normalized spacial score (nSPS) is 11.7. The van der Waals surface area contributed by atoms with E-state index in [1.54, 1.807) is 30.3 Å². The number of hydrogen-bond donors (Lipinski definition) is 2. The van der Waals surface area contributed by atoms with E-state index in [-0.39, 0.29) is 4.90 Å². The molecule has 3 rings (SSSR count). The van der Waals surface area contributed by atoms with Crippen LogP contribution >= 0.6 is 15.9 Å². The zero-order valence-corrected chi connectivity index (χ0v) is 16.6. The summed E-state index contributed by atoms with van der Waals surface area (Å²) in [6, 6.07) is 11.2. The van der Waals surface area contributed by atoms with Gasteiger partial charge in [0.15, 0.2) is 0 Å². The molecule has 0 bridgehead atoms. The summed E-state index contributed by atoms with van der Waals surface area (Å²) in [5.41, 5.74) is 4.16. The molecule has 26 heavy (non-hydrogen) atoms. The van der Waals surface area contributed by atoms with Crippen molar-refractivity contribution in [1.82, 2.24) is 19.8 Å². The number of nitrogens with zero attached hydrogens (tertiary/aromatic N) is 2. The van der Waals surface area contributed by atoms with Gasteiger partial charge in [-0.2, -0.15) is 0 Å². The molecule has 2 aromatic carbocycles. The van der Waals surface area contributed by atoms with E-state index in [1.807, 2.05) is 18.4 Å². The predicted octanol–water partition coefficient (Wildman–Crippen LogP) is 2.75. The van der Waals surface area contributed by atoms with Gasteiger partial charge >= 0.3 is 0 Å². The van der Waals surface area contributed by atoms with E-state index in [0.717, 1.165) is 22.4 Å². The lowest BCUT2D eigenvalue weighted by Crippen LogP contribution is -2.41. The fourth-order valence-corrected chi connectivity index (χ4v) is 3.75. The third-order valence-corrected chi connectivity index (χ3v) is 5.73. The van der Waals surface area contributed by atoms with Gasteiger partial charge in [0.05, 0.1) is 15.9 Å². The first kappa shape index (κ1) is 18.6. The fraction of sp³-hybridized carbons (Fsp3) is 0.176. The van der Waals surface area contributed by atoms with Crippen molar-refractivity contribution in [2.75, 3.05) is 0 Å². The van der Waals surface area contributed by atoms with Crippen LogP contribution in [0.1, 0.15) is 23.1 Å². The number of aryl methyl sites for hydroxylation is 2. The van der Waals surface area contributed by atoms with Crippen molar-refractivity contribution < 1.29 is 13.2 Å². The molecule has 0 radical (unpaired) electrons. The summed E-state index contributed by atoms with van der Waals surface area (Å²) >= 11 is 3.24. The highest BCUT2D eigenvalue weighted by Crippen LogP contribution is 2.18. The van der Waals surface area contributed by atoms with Gasteiger partial charge in [0, 0.05) is 16.6 Å². The van der Waals surface area contributed by atoms with Crippen LogP contribution in [0.2, 0.25) is 0 Å². The maximum absolute atomic E-state index is 12.3. The predicted molar refractivity (Wildman–Crippen MR) is 102 cm³/mol. The molecule has 0 aliphatic heterocycles. The molecule has 0 saturated carbocycles. The number of carbonyl (C=O) groups is 1. The molecule has 1 amide bonds. The summed E-state index contributed by atoms with van der Waals surface area (Å²) in [6.07, 6.45) is 0. The molecule has 0 atom stereocenters. The molecule has 0 saturated heterocycles. The molecular weight excluding hydrogens is 420 g/mol. The highest BCUT2D eigenvalue weighted by molar-refractivity contribution is 9.10. The van der Waals surface area contributed by atoms with Crippen molar-refractivity contribution in [3.63, 3.8) is 0 Å². The fourth-order valence-electron chi connectivity index (χ4n) is 2.65. The number of sulfonamides is 1. The van der Waals surface area contributed by atoms with Crippen molar-refractivity contribution in [1.29, 1.82) is 0 Å². The van der Waals surface area contributed by atoms with Gasteiger partial charge in [0.1, 0.15) is 5.82 Å². The zero-order chi connectivity index (χ0) is 18.9. The largest absolute Gasteiger partial charge is 0.329 e. The lowest BCUT2D eigenvalue weighted by Gasteiger charge is -2.09. The lowest BCUT2D eigenvalue weighted by molar-refractivity contribution is 0.0945. The van der Waals surface area contributed by atoms with Gasteiger partial charge < -0.3 is 4.57 Å². The van der Waals surface area contributed by atoms with Crippen LogP contribution in [0.25, 0.3) is 11.0 Å². The first-order chi connectivity index (χ1) is 12.3. The van der Waals surface area contributed by atoms with E-state index in [9.17, 15) is 13.2 Å². The molecule has 2 N–H and O–H groups in total. The minimum Gasteiger partial charge on any atom is -0.329 e. The number of halogens is 1. The summed E-state index contributed by atoms with van der Waals surface area (Å²) in [5, 5.41) is 0. The Morgan fingerprint density at radius 1 is 1.19 bits per heavy atom. The van der Waals surface area contributed by atoms with E-state index >= 15 is 0 Å². The SMILES string of the molecule is CCn1c(C)nc2cc(C(=O)NNS(=O)(=O)c3ccc(Br)cc3)ccc21. The molecule has 0 aliphatic rings. The molecule has 0 fully saturated rings. The number of nitrogens with one attached hydrogen (secondary N) is 2. The number of hydrazine groups is 1. The van der Waals surface area contributed by atoms with Crippen LogP contribution in [0, 0.1) is 6.92 Å². The van der Waals surface area contributed by atoms with E-state index in [0.29, 0.717) is 11.1 Å². The van der Waals surface area contributed by atoms with Crippen LogP contribution in [0.15, 0.2) is 51.8 Å². The Labute approximate surface area is 159 Å². The number of carbonyl (C=O) groups excluding carboxylic acids is 1. The maximum atomic E-state index is 12.3. The monoisotopic (exact) mass is 436 g/mol. The van der Waals surface area contributed by atoms with Crippen molar-refractivity contribution in [3.05, 3.63) is 58.3 Å². The lowest BCUT2D eigenvalue weighted by atomic mass is 10.2. The van der Waals surface area contributed by atoms with Gasteiger partial charge in [-0.05, 0) is 56.3 Å². The molecule has 0 spiro atoms. The third kappa shape index (κ3) is 3.64. The topological polar surface area (TPSA) is 93.1 Å². The van der Waals surface area contributed by atoms with E-state index < -0.39 is 15.9 Å². The zero-order valence-electron chi connectivity index (χ0n) is 14.2. The second kappa shape index (κ2) is 7.18. The number of imidazole rings is 1. The van der Waals surface area contributed by atoms with E-state index in [1.165, 1.54) is 12.1 Å².